The van der Waals surface area contributed by atoms with Crippen molar-refractivity contribution >= 4 is 0 Å². The number of hydrogen-bond donors (Lipinski definition) is 1. The van der Waals surface area contributed by atoms with Crippen LogP contribution in [0, 0.1) is 0 Å². The van der Waals surface area contributed by atoms with E-state index in [1.165, 1.54) is 51.7 Å². The highest BCUT2D eigenvalue weighted by Gasteiger charge is 2.29. The van der Waals surface area contributed by atoms with Gasteiger partial charge in [0.25, 0.3) is 0 Å². The average Bonchev–Trinajstić information content (AvgIpc) is 2.93. The van der Waals surface area contributed by atoms with Gasteiger partial charge in [0.1, 0.15) is 0 Å². The molecule has 1 aromatic carbocycles. The first-order valence-corrected chi connectivity index (χ1v) is 7.91. The van der Waals surface area contributed by atoms with Crippen LogP contribution < -0.4 is 5.32 Å². The van der Waals surface area contributed by atoms with E-state index in [0.717, 1.165) is 12.1 Å². The lowest BCUT2D eigenvalue weighted by Crippen LogP contribution is -2.40. The minimum Gasteiger partial charge on any atom is -0.313 e. The Morgan fingerprint density at radius 1 is 1.21 bits per heavy atom. The summed E-state index contributed by atoms with van der Waals surface area (Å²) >= 11 is 0. The van der Waals surface area contributed by atoms with Gasteiger partial charge in [0.05, 0.1) is 0 Å². The van der Waals surface area contributed by atoms with Gasteiger partial charge in [-0.25, -0.2) is 0 Å². The van der Waals surface area contributed by atoms with Gasteiger partial charge in [-0.2, -0.15) is 0 Å². The summed E-state index contributed by atoms with van der Waals surface area (Å²) in [5, 5.41) is 3.68. The van der Waals surface area contributed by atoms with Gasteiger partial charge < -0.3 is 5.32 Å². The molecule has 0 bridgehead atoms. The van der Waals surface area contributed by atoms with Crippen molar-refractivity contribution in [2.45, 2.75) is 51.1 Å². The van der Waals surface area contributed by atoms with Gasteiger partial charge in [0.2, 0.25) is 0 Å². The van der Waals surface area contributed by atoms with Crippen molar-refractivity contribution in [2.75, 3.05) is 19.6 Å². The fourth-order valence-corrected chi connectivity index (χ4v) is 3.62. The van der Waals surface area contributed by atoms with Gasteiger partial charge in [-0.05, 0) is 49.8 Å². The SMILES string of the molecule is CCCNC1CCN(C2CCc3ccccc3C2)C1. The lowest BCUT2D eigenvalue weighted by molar-refractivity contribution is 0.217. The predicted molar refractivity (Wildman–Crippen MR) is 80.5 cm³/mol. The van der Waals surface area contributed by atoms with Gasteiger partial charge in [0.15, 0.2) is 0 Å². The highest BCUT2D eigenvalue weighted by Crippen LogP contribution is 2.26. The van der Waals surface area contributed by atoms with Crippen molar-refractivity contribution in [2.24, 2.45) is 0 Å². The second kappa shape index (κ2) is 6.06. The molecule has 2 atom stereocenters. The molecular weight excluding hydrogens is 232 g/mol. The van der Waals surface area contributed by atoms with Crippen LogP contribution in [0.5, 0.6) is 0 Å². The van der Waals surface area contributed by atoms with Gasteiger partial charge in [-0.15, -0.1) is 0 Å². The number of rotatable bonds is 4. The maximum atomic E-state index is 3.68. The Morgan fingerprint density at radius 3 is 2.89 bits per heavy atom. The Balaban J connectivity index is 1.57. The van der Waals surface area contributed by atoms with E-state index in [1.807, 2.05) is 0 Å². The molecule has 1 saturated heterocycles. The Kier molecular flexibility index (Phi) is 4.19. The summed E-state index contributed by atoms with van der Waals surface area (Å²) in [6.07, 6.45) is 6.45. The zero-order valence-electron chi connectivity index (χ0n) is 12.1. The molecule has 0 spiro atoms. The molecule has 3 rings (SSSR count). The molecule has 2 unspecified atom stereocenters. The molecule has 1 aliphatic heterocycles. The molecular formula is C17H26N2. The second-order valence-corrected chi connectivity index (χ2v) is 6.10. The lowest BCUT2D eigenvalue weighted by Gasteiger charge is -2.32. The third kappa shape index (κ3) is 3.01. The van der Waals surface area contributed by atoms with Gasteiger partial charge in [-0.3, -0.25) is 4.90 Å². The van der Waals surface area contributed by atoms with E-state index in [0.29, 0.717) is 0 Å². The third-order valence-corrected chi connectivity index (χ3v) is 4.74. The molecule has 1 aromatic rings. The highest BCUT2D eigenvalue weighted by atomic mass is 15.2. The standard InChI is InChI=1S/C17H26N2/c1-2-10-18-16-9-11-19(13-16)17-8-7-14-5-3-4-6-15(14)12-17/h3-6,16-18H,2,7-13H2,1H3. The molecule has 0 saturated carbocycles. The monoisotopic (exact) mass is 258 g/mol. The minimum atomic E-state index is 0.733. The first-order chi connectivity index (χ1) is 9.36. The molecule has 0 aromatic heterocycles. The number of benzene rings is 1. The van der Waals surface area contributed by atoms with Crippen molar-refractivity contribution in [1.82, 2.24) is 10.2 Å². The van der Waals surface area contributed by atoms with E-state index in [-0.39, 0.29) is 0 Å². The van der Waals surface area contributed by atoms with Crippen LogP contribution >= 0.6 is 0 Å². The van der Waals surface area contributed by atoms with Crippen molar-refractivity contribution in [3.63, 3.8) is 0 Å². The van der Waals surface area contributed by atoms with Crippen LogP contribution in [-0.4, -0.2) is 36.6 Å². The number of nitrogens with zero attached hydrogens (tertiary/aromatic N) is 1. The summed E-state index contributed by atoms with van der Waals surface area (Å²) in [4.78, 5) is 2.73. The van der Waals surface area contributed by atoms with Crippen molar-refractivity contribution < 1.29 is 0 Å². The molecule has 1 heterocycles. The second-order valence-electron chi connectivity index (χ2n) is 6.10. The largest absolute Gasteiger partial charge is 0.313 e. The van der Waals surface area contributed by atoms with E-state index >= 15 is 0 Å². The molecule has 0 radical (unpaired) electrons. The normalized spacial score (nSPS) is 27.4. The van der Waals surface area contributed by atoms with Crippen LogP contribution in [-0.2, 0) is 12.8 Å². The number of likely N-dealkylation sites (tertiary alicyclic amines) is 1. The number of aryl methyl sites for hydroxylation is 1. The number of fused-ring (bicyclic) bond motifs is 1. The first kappa shape index (κ1) is 13.1. The lowest BCUT2D eigenvalue weighted by atomic mass is 9.88. The molecule has 2 nitrogen and oxygen atoms in total. The summed E-state index contributed by atoms with van der Waals surface area (Å²) in [5.41, 5.74) is 3.17. The first-order valence-electron chi connectivity index (χ1n) is 7.91. The molecule has 104 valence electrons. The maximum Gasteiger partial charge on any atom is 0.0207 e. The van der Waals surface area contributed by atoms with Crippen LogP contribution in [0.3, 0.4) is 0 Å². The number of hydrogen-bond acceptors (Lipinski definition) is 2. The van der Waals surface area contributed by atoms with Crippen LogP contribution in [0.4, 0.5) is 0 Å². The topological polar surface area (TPSA) is 15.3 Å². The Morgan fingerprint density at radius 2 is 2.05 bits per heavy atom. The van der Waals surface area contributed by atoms with Gasteiger partial charge in [-0.1, -0.05) is 31.2 Å². The van der Waals surface area contributed by atoms with Crippen LogP contribution in [0.2, 0.25) is 0 Å². The molecule has 2 heteroatoms. The van der Waals surface area contributed by atoms with E-state index in [9.17, 15) is 0 Å². The van der Waals surface area contributed by atoms with Crippen molar-refractivity contribution in [3.8, 4) is 0 Å². The fraction of sp³-hybridized carbons (Fsp3) is 0.647. The van der Waals surface area contributed by atoms with E-state index in [4.69, 9.17) is 0 Å². The van der Waals surface area contributed by atoms with Crippen LogP contribution in [0.15, 0.2) is 24.3 Å². The summed E-state index contributed by atoms with van der Waals surface area (Å²) in [6, 6.07) is 10.5. The molecule has 19 heavy (non-hydrogen) atoms. The summed E-state index contributed by atoms with van der Waals surface area (Å²) in [5.74, 6) is 0. The Bertz CT molecular complexity index is 415. The van der Waals surface area contributed by atoms with Crippen molar-refractivity contribution in [3.05, 3.63) is 35.4 Å². The van der Waals surface area contributed by atoms with E-state index in [1.54, 1.807) is 11.1 Å². The Labute approximate surface area is 117 Å². The van der Waals surface area contributed by atoms with E-state index in [2.05, 4.69) is 41.4 Å². The average molecular weight is 258 g/mol. The van der Waals surface area contributed by atoms with Crippen LogP contribution in [0.1, 0.15) is 37.3 Å². The molecule has 2 aliphatic rings. The van der Waals surface area contributed by atoms with E-state index < -0.39 is 0 Å². The summed E-state index contributed by atoms with van der Waals surface area (Å²) in [7, 11) is 0. The van der Waals surface area contributed by atoms with Gasteiger partial charge >= 0.3 is 0 Å². The quantitative estimate of drug-likeness (QED) is 0.893. The molecule has 1 aliphatic carbocycles. The zero-order chi connectivity index (χ0) is 13.1. The summed E-state index contributed by atoms with van der Waals surface area (Å²) in [6.45, 7) is 5.96. The fourth-order valence-electron chi connectivity index (χ4n) is 3.62. The predicted octanol–water partition coefficient (Wildman–Crippen LogP) is 2.62. The highest BCUT2D eigenvalue weighted by molar-refractivity contribution is 5.30. The Hall–Kier alpha value is -0.860. The van der Waals surface area contributed by atoms with Gasteiger partial charge in [0, 0.05) is 25.2 Å². The smallest absolute Gasteiger partial charge is 0.0207 e. The summed E-state index contributed by atoms with van der Waals surface area (Å²) < 4.78 is 0. The third-order valence-electron chi connectivity index (χ3n) is 4.74. The maximum absolute atomic E-state index is 3.68. The molecule has 0 amide bonds. The zero-order valence-corrected chi connectivity index (χ0v) is 12.1. The number of nitrogens with one attached hydrogen (secondary N) is 1. The molecule has 1 fully saturated rings. The van der Waals surface area contributed by atoms with Crippen LogP contribution in [0.25, 0.3) is 0 Å². The minimum absolute atomic E-state index is 0.733. The molecule has 1 N–H and O–H groups in total. The van der Waals surface area contributed by atoms with Crippen molar-refractivity contribution in [1.29, 1.82) is 0 Å².